The molecule has 0 saturated heterocycles. The standard InChI is InChI=1S/C20H25N3O6S/c1-3-27-20-15(6-4-9-21-20)13-22-19(24)14(2)23-30(25,26)16-7-8-17-18(12-16)29-11-5-10-28-17/h4,6-9,12,14,23H,3,5,10-11,13H2,1-2H3,(H,22,24)/t14-/m0/s1. The molecule has 1 aliphatic heterocycles. The highest BCUT2D eigenvalue weighted by atomic mass is 32.2. The number of ether oxygens (including phenoxy) is 3. The molecule has 1 atom stereocenters. The fourth-order valence-electron chi connectivity index (χ4n) is 2.83. The molecule has 2 aromatic rings. The third-order valence-electron chi connectivity index (χ3n) is 4.34. The third kappa shape index (κ3) is 5.39. The second-order valence-electron chi connectivity index (χ2n) is 6.62. The zero-order valence-electron chi connectivity index (χ0n) is 16.9. The normalized spacial score (nSPS) is 14.5. The second kappa shape index (κ2) is 9.77. The minimum atomic E-state index is -3.93. The Labute approximate surface area is 175 Å². The molecule has 0 radical (unpaired) electrons. The Bertz CT molecular complexity index is 996. The SMILES string of the molecule is CCOc1ncccc1CNC(=O)[C@H](C)NS(=O)(=O)c1ccc2c(c1)OCCCO2. The first kappa shape index (κ1) is 21.8. The molecule has 9 nitrogen and oxygen atoms in total. The van der Waals surface area contributed by atoms with E-state index in [-0.39, 0.29) is 11.4 Å². The molecule has 0 fully saturated rings. The Balaban J connectivity index is 1.64. The molecule has 1 aliphatic rings. The number of carbonyl (C=O) groups is 1. The van der Waals surface area contributed by atoms with Crippen LogP contribution in [-0.4, -0.2) is 45.2 Å². The van der Waals surface area contributed by atoms with E-state index in [4.69, 9.17) is 14.2 Å². The van der Waals surface area contributed by atoms with Crippen molar-refractivity contribution < 1.29 is 27.4 Å². The smallest absolute Gasteiger partial charge is 0.241 e. The maximum atomic E-state index is 12.7. The number of nitrogens with one attached hydrogen (secondary N) is 2. The quantitative estimate of drug-likeness (QED) is 0.647. The topological polar surface area (TPSA) is 116 Å². The van der Waals surface area contributed by atoms with Gasteiger partial charge in [0.2, 0.25) is 21.8 Å². The van der Waals surface area contributed by atoms with Crippen LogP contribution >= 0.6 is 0 Å². The van der Waals surface area contributed by atoms with Gasteiger partial charge in [-0.15, -0.1) is 0 Å². The summed E-state index contributed by atoms with van der Waals surface area (Å²) in [5, 5.41) is 2.70. The monoisotopic (exact) mass is 435 g/mol. The van der Waals surface area contributed by atoms with Crippen LogP contribution < -0.4 is 24.2 Å². The molecule has 2 N–H and O–H groups in total. The van der Waals surface area contributed by atoms with Crippen molar-refractivity contribution in [3.8, 4) is 17.4 Å². The Morgan fingerprint density at radius 3 is 2.77 bits per heavy atom. The zero-order chi connectivity index (χ0) is 21.6. The van der Waals surface area contributed by atoms with Gasteiger partial charge < -0.3 is 19.5 Å². The number of rotatable bonds is 8. The molecule has 162 valence electrons. The van der Waals surface area contributed by atoms with Crippen LogP contribution in [0.1, 0.15) is 25.8 Å². The molecule has 1 aromatic heterocycles. The molecule has 1 amide bonds. The van der Waals surface area contributed by atoms with Crippen molar-refractivity contribution in [1.82, 2.24) is 15.0 Å². The first-order chi connectivity index (χ1) is 14.4. The van der Waals surface area contributed by atoms with Gasteiger partial charge in [0.15, 0.2) is 11.5 Å². The highest BCUT2D eigenvalue weighted by molar-refractivity contribution is 7.89. The van der Waals surface area contributed by atoms with Gasteiger partial charge in [-0.25, -0.2) is 13.4 Å². The van der Waals surface area contributed by atoms with E-state index in [0.717, 1.165) is 0 Å². The summed E-state index contributed by atoms with van der Waals surface area (Å²) in [4.78, 5) is 16.6. The number of amides is 1. The number of sulfonamides is 1. The van der Waals surface area contributed by atoms with Crippen molar-refractivity contribution in [2.24, 2.45) is 0 Å². The summed E-state index contributed by atoms with van der Waals surface area (Å²) in [6.45, 7) is 4.88. The molecule has 2 heterocycles. The first-order valence-electron chi connectivity index (χ1n) is 9.67. The van der Waals surface area contributed by atoms with Gasteiger partial charge in [0.25, 0.3) is 0 Å². The number of nitrogens with zero attached hydrogens (tertiary/aromatic N) is 1. The lowest BCUT2D eigenvalue weighted by Gasteiger charge is -2.16. The molecule has 0 bridgehead atoms. The lowest BCUT2D eigenvalue weighted by atomic mass is 10.2. The molecular weight excluding hydrogens is 410 g/mol. The van der Waals surface area contributed by atoms with E-state index in [2.05, 4.69) is 15.0 Å². The summed E-state index contributed by atoms with van der Waals surface area (Å²) in [5.41, 5.74) is 0.700. The van der Waals surface area contributed by atoms with Gasteiger partial charge in [-0.1, -0.05) is 6.07 Å². The van der Waals surface area contributed by atoms with Crippen LogP contribution in [0.4, 0.5) is 0 Å². The molecule has 0 spiro atoms. The number of benzene rings is 1. The van der Waals surface area contributed by atoms with Crippen LogP contribution in [0.25, 0.3) is 0 Å². The van der Waals surface area contributed by atoms with Gasteiger partial charge >= 0.3 is 0 Å². The molecule has 0 saturated carbocycles. The van der Waals surface area contributed by atoms with E-state index in [0.29, 0.717) is 49.2 Å². The number of pyridine rings is 1. The second-order valence-corrected chi connectivity index (χ2v) is 8.33. The van der Waals surface area contributed by atoms with Gasteiger partial charge in [-0.3, -0.25) is 4.79 Å². The maximum absolute atomic E-state index is 12.7. The van der Waals surface area contributed by atoms with Crippen molar-refractivity contribution in [2.45, 2.75) is 37.8 Å². The van der Waals surface area contributed by atoms with Crippen LogP contribution in [0.5, 0.6) is 17.4 Å². The van der Waals surface area contributed by atoms with Crippen molar-refractivity contribution in [1.29, 1.82) is 0 Å². The summed E-state index contributed by atoms with van der Waals surface area (Å²) in [6.07, 6.45) is 2.32. The Kier molecular flexibility index (Phi) is 7.11. The Morgan fingerprint density at radius 2 is 2.00 bits per heavy atom. The highest BCUT2D eigenvalue weighted by Gasteiger charge is 2.24. The average Bonchev–Trinajstić information content (AvgIpc) is 2.97. The van der Waals surface area contributed by atoms with Crippen LogP contribution in [0.3, 0.4) is 0 Å². The Morgan fingerprint density at radius 1 is 1.23 bits per heavy atom. The van der Waals surface area contributed by atoms with E-state index in [1.807, 2.05) is 6.92 Å². The fraction of sp³-hybridized carbons (Fsp3) is 0.400. The molecule has 10 heteroatoms. The maximum Gasteiger partial charge on any atom is 0.241 e. The number of hydrogen-bond donors (Lipinski definition) is 2. The zero-order valence-corrected chi connectivity index (χ0v) is 17.7. The summed E-state index contributed by atoms with van der Waals surface area (Å²) < 4.78 is 44.3. The number of carbonyl (C=O) groups excluding carboxylic acids is 1. The lowest BCUT2D eigenvalue weighted by molar-refractivity contribution is -0.122. The van der Waals surface area contributed by atoms with Crippen LogP contribution in [0.2, 0.25) is 0 Å². The number of aromatic nitrogens is 1. The van der Waals surface area contributed by atoms with Crippen LogP contribution in [0.15, 0.2) is 41.4 Å². The minimum Gasteiger partial charge on any atom is -0.490 e. The summed E-state index contributed by atoms with van der Waals surface area (Å²) in [6, 6.07) is 6.91. The van der Waals surface area contributed by atoms with Gasteiger partial charge in [0, 0.05) is 30.8 Å². The van der Waals surface area contributed by atoms with E-state index in [9.17, 15) is 13.2 Å². The Hall–Kier alpha value is -2.85. The number of fused-ring (bicyclic) bond motifs is 1. The van der Waals surface area contributed by atoms with Crippen LogP contribution in [0, 0.1) is 0 Å². The van der Waals surface area contributed by atoms with Gasteiger partial charge in [-0.05, 0) is 32.0 Å². The van der Waals surface area contributed by atoms with Crippen molar-refractivity contribution in [2.75, 3.05) is 19.8 Å². The summed E-state index contributed by atoms with van der Waals surface area (Å²) in [5.74, 6) is 0.825. The summed E-state index contributed by atoms with van der Waals surface area (Å²) in [7, 11) is -3.93. The molecular formula is C20H25N3O6S. The first-order valence-corrected chi connectivity index (χ1v) is 11.2. The highest BCUT2D eigenvalue weighted by Crippen LogP contribution is 2.31. The number of hydrogen-bond acceptors (Lipinski definition) is 7. The van der Waals surface area contributed by atoms with Crippen molar-refractivity contribution in [3.63, 3.8) is 0 Å². The third-order valence-corrected chi connectivity index (χ3v) is 5.88. The predicted octanol–water partition coefficient (Wildman–Crippen LogP) is 1.62. The van der Waals surface area contributed by atoms with E-state index in [1.165, 1.54) is 19.1 Å². The molecule has 0 aliphatic carbocycles. The van der Waals surface area contributed by atoms with Gasteiger partial charge in [-0.2, -0.15) is 4.72 Å². The van der Waals surface area contributed by atoms with Gasteiger partial charge in [0.05, 0.1) is 30.8 Å². The van der Waals surface area contributed by atoms with Crippen molar-refractivity contribution in [3.05, 3.63) is 42.1 Å². The van der Waals surface area contributed by atoms with Crippen molar-refractivity contribution >= 4 is 15.9 Å². The van der Waals surface area contributed by atoms with Gasteiger partial charge in [0.1, 0.15) is 0 Å². The van der Waals surface area contributed by atoms with E-state index < -0.39 is 22.0 Å². The lowest BCUT2D eigenvalue weighted by Crippen LogP contribution is -2.44. The summed E-state index contributed by atoms with van der Waals surface area (Å²) >= 11 is 0. The van der Waals surface area contributed by atoms with E-state index >= 15 is 0 Å². The molecule has 0 unspecified atom stereocenters. The molecule has 30 heavy (non-hydrogen) atoms. The van der Waals surface area contributed by atoms with Crippen LogP contribution in [-0.2, 0) is 21.4 Å². The molecule has 1 aromatic carbocycles. The average molecular weight is 436 g/mol. The fourth-order valence-corrected chi connectivity index (χ4v) is 4.04. The predicted molar refractivity (Wildman–Crippen MR) is 109 cm³/mol. The van der Waals surface area contributed by atoms with E-state index in [1.54, 1.807) is 24.4 Å². The molecule has 3 rings (SSSR count). The minimum absolute atomic E-state index is 0.00251. The largest absolute Gasteiger partial charge is 0.490 e.